The molecule has 7 heteroatoms. The van der Waals surface area contributed by atoms with Gasteiger partial charge in [-0.1, -0.05) is 6.07 Å². The highest BCUT2D eigenvalue weighted by Crippen LogP contribution is 2.27. The van der Waals surface area contributed by atoms with Crippen LogP contribution in [0.3, 0.4) is 0 Å². The lowest BCUT2D eigenvalue weighted by Gasteiger charge is -2.22. The number of carbonyl (C=O) groups excluding carboxylic acids is 1. The largest absolute Gasteiger partial charge is 0.382 e. The van der Waals surface area contributed by atoms with Crippen molar-refractivity contribution in [3.8, 4) is 0 Å². The number of amides is 1. The predicted octanol–water partition coefficient (Wildman–Crippen LogP) is 1.94. The number of anilines is 1. The first-order chi connectivity index (χ1) is 10.1. The van der Waals surface area contributed by atoms with Crippen LogP contribution in [-0.4, -0.2) is 37.1 Å². The van der Waals surface area contributed by atoms with Gasteiger partial charge in [0.05, 0.1) is 16.6 Å². The molecule has 21 heavy (non-hydrogen) atoms. The zero-order valence-electron chi connectivity index (χ0n) is 11.9. The van der Waals surface area contributed by atoms with E-state index in [9.17, 15) is 14.9 Å². The van der Waals surface area contributed by atoms with Gasteiger partial charge in [-0.05, 0) is 25.3 Å². The summed E-state index contributed by atoms with van der Waals surface area (Å²) < 4.78 is 5.54. The lowest BCUT2D eigenvalue weighted by Crippen LogP contribution is -2.35. The Labute approximate surface area is 122 Å². The van der Waals surface area contributed by atoms with Crippen LogP contribution in [0.15, 0.2) is 18.2 Å². The summed E-state index contributed by atoms with van der Waals surface area (Å²) in [5, 5.41) is 16.5. The molecular weight excluding hydrogens is 274 g/mol. The van der Waals surface area contributed by atoms with Crippen LogP contribution in [0.2, 0.25) is 0 Å². The molecule has 0 aliphatic carbocycles. The topological polar surface area (TPSA) is 93.5 Å². The van der Waals surface area contributed by atoms with Gasteiger partial charge in [0.1, 0.15) is 5.69 Å². The van der Waals surface area contributed by atoms with Gasteiger partial charge in [0.2, 0.25) is 0 Å². The summed E-state index contributed by atoms with van der Waals surface area (Å²) in [5.41, 5.74) is 0.381. The van der Waals surface area contributed by atoms with Crippen molar-refractivity contribution >= 4 is 17.3 Å². The number of para-hydroxylation sites is 1. The average molecular weight is 293 g/mol. The summed E-state index contributed by atoms with van der Waals surface area (Å²) in [7, 11) is 1.56. The van der Waals surface area contributed by atoms with Crippen LogP contribution in [0.1, 0.15) is 29.6 Å². The van der Waals surface area contributed by atoms with E-state index in [1.165, 1.54) is 12.1 Å². The first-order valence-corrected chi connectivity index (χ1v) is 6.98. The second-order valence-electron chi connectivity index (χ2n) is 4.91. The lowest BCUT2D eigenvalue weighted by atomic mass is 10.1. The van der Waals surface area contributed by atoms with Gasteiger partial charge in [0.15, 0.2) is 0 Å². The molecule has 1 aromatic carbocycles. The molecule has 0 aromatic heterocycles. The fourth-order valence-electron chi connectivity index (χ4n) is 2.41. The standard InChI is InChI=1S/C14H19N3O4/c1-15-13-11(6-4-7-12(13)17(19)20)14(18)16-9-10-5-2-3-8-21-10/h4,6-7,10,15H,2-3,5,8-9H2,1H3,(H,16,18). The predicted molar refractivity (Wildman–Crippen MR) is 78.6 cm³/mol. The molecule has 0 saturated carbocycles. The van der Waals surface area contributed by atoms with Gasteiger partial charge in [-0.3, -0.25) is 14.9 Å². The molecule has 0 bridgehead atoms. The highest BCUT2D eigenvalue weighted by Gasteiger charge is 2.21. The van der Waals surface area contributed by atoms with Crippen molar-refractivity contribution in [3.63, 3.8) is 0 Å². The Bertz CT molecular complexity index is 527. The van der Waals surface area contributed by atoms with Crippen LogP contribution in [0.4, 0.5) is 11.4 Å². The molecule has 1 atom stereocenters. The maximum atomic E-state index is 12.2. The molecule has 0 radical (unpaired) electrons. The van der Waals surface area contributed by atoms with Gasteiger partial charge in [0.25, 0.3) is 11.6 Å². The molecule has 1 heterocycles. The first kappa shape index (κ1) is 15.2. The van der Waals surface area contributed by atoms with E-state index in [1.54, 1.807) is 13.1 Å². The van der Waals surface area contributed by atoms with E-state index in [0.717, 1.165) is 25.9 Å². The third-order valence-electron chi connectivity index (χ3n) is 3.50. The number of benzene rings is 1. The quantitative estimate of drug-likeness (QED) is 0.639. The maximum Gasteiger partial charge on any atom is 0.293 e. The summed E-state index contributed by atoms with van der Waals surface area (Å²) >= 11 is 0. The number of hydrogen-bond acceptors (Lipinski definition) is 5. The van der Waals surface area contributed by atoms with Crippen molar-refractivity contribution in [1.29, 1.82) is 0 Å². The minimum absolute atomic E-state index is 0.0273. The Kier molecular flexibility index (Phi) is 5.10. The monoisotopic (exact) mass is 293 g/mol. The number of rotatable bonds is 5. The zero-order chi connectivity index (χ0) is 15.2. The number of carbonyl (C=O) groups is 1. The Morgan fingerprint density at radius 1 is 1.48 bits per heavy atom. The molecule has 114 valence electrons. The Balaban J connectivity index is 2.07. The number of nitrogens with one attached hydrogen (secondary N) is 2. The van der Waals surface area contributed by atoms with Crippen molar-refractivity contribution in [2.24, 2.45) is 0 Å². The zero-order valence-corrected chi connectivity index (χ0v) is 11.9. The molecule has 7 nitrogen and oxygen atoms in total. The molecule has 0 spiro atoms. The summed E-state index contributed by atoms with van der Waals surface area (Å²) in [6, 6.07) is 4.44. The van der Waals surface area contributed by atoms with Crippen molar-refractivity contribution in [1.82, 2.24) is 5.32 Å². The minimum atomic E-state index is -0.507. The highest BCUT2D eigenvalue weighted by atomic mass is 16.6. The molecule has 1 aromatic rings. The van der Waals surface area contributed by atoms with Crippen molar-refractivity contribution in [3.05, 3.63) is 33.9 Å². The fourth-order valence-corrected chi connectivity index (χ4v) is 2.41. The SMILES string of the molecule is CNc1c(C(=O)NCC2CCCCO2)cccc1[N+](=O)[O-]. The van der Waals surface area contributed by atoms with Crippen LogP contribution < -0.4 is 10.6 Å². The summed E-state index contributed by atoms with van der Waals surface area (Å²) in [6.45, 7) is 1.14. The van der Waals surface area contributed by atoms with Crippen LogP contribution in [-0.2, 0) is 4.74 Å². The summed E-state index contributed by atoms with van der Waals surface area (Å²) in [4.78, 5) is 22.7. The number of nitro groups is 1. The van der Waals surface area contributed by atoms with Crippen LogP contribution >= 0.6 is 0 Å². The van der Waals surface area contributed by atoms with E-state index < -0.39 is 4.92 Å². The van der Waals surface area contributed by atoms with E-state index in [0.29, 0.717) is 6.54 Å². The number of nitro benzene ring substituents is 1. The third-order valence-corrected chi connectivity index (χ3v) is 3.50. The summed E-state index contributed by atoms with van der Waals surface area (Å²) in [6.07, 6.45) is 3.10. The molecule has 2 N–H and O–H groups in total. The average Bonchev–Trinajstić information content (AvgIpc) is 2.52. The van der Waals surface area contributed by atoms with Gasteiger partial charge in [0, 0.05) is 26.3 Å². The van der Waals surface area contributed by atoms with Crippen molar-refractivity contribution in [2.75, 3.05) is 25.5 Å². The minimum Gasteiger partial charge on any atom is -0.382 e. The van der Waals surface area contributed by atoms with Crippen molar-refractivity contribution in [2.45, 2.75) is 25.4 Å². The van der Waals surface area contributed by atoms with Gasteiger partial charge in [-0.25, -0.2) is 0 Å². The van der Waals surface area contributed by atoms with E-state index >= 15 is 0 Å². The molecule has 1 aliphatic rings. The third kappa shape index (κ3) is 3.69. The maximum absolute atomic E-state index is 12.2. The molecule has 1 aliphatic heterocycles. The van der Waals surface area contributed by atoms with Crippen LogP contribution in [0, 0.1) is 10.1 Å². The number of ether oxygens (including phenoxy) is 1. The Hall–Kier alpha value is -2.15. The van der Waals surface area contributed by atoms with Gasteiger partial charge in [-0.2, -0.15) is 0 Å². The first-order valence-electron chi connectivity index (χ1n) is 6.98. The number of hydrogen-bond donors (Lipinski definition) is 2. The normalized spacial score (nSPS) is 18.0. The Morgan fingerprint density at radius 2 is 2.29 bits per heavy atom. The van der Waals surface area contributed by atoms with E-state index in [4.69, 9.17) is 4.74 Å². The van der Waals surface area contributed by atoms with Gasteiger partial charge in [-0.15, -0.1) is 0 Å². The fraction of sp³-hybridized carbons (Fsp3) is 0.500. The van der Waals surface area contributed by atoms with Gasteiger partial charge >= 0.3 is 0 Å². The van der Waals surface area contributed by atoms with Crippen LogP contribution in [0.5, 0.6) is 0 Å². The molecule has 1 saturated heterocycles. The highest BCUT2D eigenvalue weighted by molar-refractivity contribution is 6.01. The molecule has 2 rings (SSSR count). The van der Waals surface area contributed by atoms with Crippen LogP contribution in [0.25, 0.3) is 0 Å². The lowest BCUT2D eigenvalue weighted by molar-refractivity contribution is -0.384. The van der Waals surface area contributed by atoms with Crippen molar-refractivity contribution < 1.29 is 14.5 Å². The second kappa shape index (κ2) is 7.03. The second-order valence-corrected chi connectivity index (χ2v) is 4.91. The van der Waals surface area contributed by atoms with Gasteiger partial charge < -0.3 is 15.4 Å². The van der Waals surface area contributed by atoms with E-state index in [2.05, 4.69) is 10.6 Å². The molecule has 1 fully saturated rings. The Morgan fingerprint density at radius 3 is 2.90 bits per heavy atom. The van der Waals surface area contributed by atoms with E-state index in [-0.39, 0.29) is 28.9 Å². The summed E-state index contributed by atoms with van der Waals surface area (Å²) in [5.74, 6) is -0.336. The number of nitrogens with zero attached hydrogens (tertiary/aromatic N) is 1. The molecular formula is C14H19N3O4. The smallest absolute Gasteiger partial charge is 0.293 e. The molecule has 1 unspecified atom stereocenters. The molecule has 1 amide bonds. The van der Waals surface area contributed by atoms with E-state index in [1.807, 2.05) is 0 Å².